The van der Waals surface area contributed by atoms with Gasteiger partial charge in [-0.1, -0.05) is 72.3 Å². The Hall–Kier alpha value is -3.68. The van der Waals surface area contributed by atoms with Crippen molar-refractivity contribution in [2.75, 3.05) is 6.61 Å². The predicted molar refractivity (Wildman–Crippen MR) is 148 cm³/mol. The van der Waals surface area contributed by atoms with Crippen LogP contribution in [0.25, 0.3) is 16.7 Å². The van der Waals surface area contributed by atoms with Gasteiger partial charge in [-0.2, -0.15) is 0 Å². The molecule has 0 fully saturated rings. The number of aliphatic hydroxyl groups is 1. The Morgan fingerprint density at radius 2 is 1.72 bits per heavy atom. The van der Waals surface area contributed by atoms with E-state index in [1.54, 1.807) is 57.2 Å². The molecule has 0 spiro atoms. The third kappa shape index (κ3) is 6.85. The maximum absolute atomic E-state index is 14.4. The fourth-order valence-electron chi connectivity index (χ4n) is 4.54. The zero-order valence-corrected chi connectivity index (χ0v) is 22.8. The van der Waals surface area contributed by atoms with Crippen LogP contribution in [0.4, 0.5) is 9.18 Å². The molecule has 6 nitrogen and oxygen atoms in total. The number of amides is 1. The lowest BCUT2D eigenvalue weighted by atomic mass is 9.88. The number of carbonyl (C=O) groups is 2. The number of halogens is 2. The number of hydrogen-bond donors (Lipinski definition) is 2. The molecule has 0 aromatic heterocycles. The highest BCUT2D eigenvalue weighted by Crippen LogP contribution is 2.42. The van der Waals surface area contributed by atoms with Crippen molar-refractivity contribution >= 4 is 29.2 Å². The molecule has 0 saturated carbocycles. The number of alkyl carbamates (subject to hydrolysis) is 1. The van der Waals surface area contributed by atoms with Crippen molar-refractivity contribution in [1.82, 2.24) is 5.32 Å². The van der Waals surface area contributed by atoms with Gasteiger partial charge in [0.05, 0.1) is 12.6 Å². The third-order valence-corrected chi connectivity index (χ3v) is 6.66. The average Bonchev–Trinajstić information content (AvgIpc) is 3.27. The minimum atomic E-state index is -1.37. The van der Waals surface area contributed by atoms with Gasteiger partial charge >= 0.3 is 12.1 Å². The molecule has 0 aliphatic heterocycles. The molecule has 1 aliphatic carbocycles. The van der Waals surface area contributed by atoms with Crippen LogP contribution in [0, 0.1) is 11.2 Å². The lowest BCUT2D eigenvalue weighted by Gasteiger charge is -2.26. The van der Waals surface area contributed by atoms with Crippen molar-refractivity contribution in [1.29, 1.82) is 0 Å². The van der Waals surface area contributed by atoms with Crippen LogP contribution in [0.15, 0.2) is 78.9 Å². The summed E-state index contributed by atoms with van der Waals surface area (Å²) in [4.78, 5) is 26.0. The number of aliphatic hydroxyl groups excluding tert-OH is 1. The highest BCUT2D eigenvalue weighted by atomic mass is 35.5. The van der Waals surface area contributed by atoms with Crippen molar-refractivity contribution in [3.8, 4) is 11.1 Å². The van der Waals surface area contributed by atoms with Gasteiger partial charge in [-0.25, -0.2) is 9.18 Å². The van der Waals surface area contributed by atoms with E-state index in [1.165, 1.54) is 12.1 Å². The predicted octanol–water partition coefficient (Wildman–Crippen LogP) is 6.55. The summed E-state index contributed by atoms with van der Waals surface area (Å²) in [5.41, 5.74) is 0.989. The molecule has 204 valence electrons. The van der Waals surface area contributed by atoms with Gasteiger partial charge in [-0.05, 0) is 67.7 Å². The van der Waals surface area contributed by atoms with E-state index in [2.05, 4.69) is 5.32 Å². The summed E-state index contributed by atoms with van der Waals surface area (Å²) >= 11 is 6.06. The summed E-state index contributed by atoms with van der Waals surface area (Å²) in [6, 6.07) is 19.9. The van der Waals surface area contributed by atoms with Gasteiger partial charge in [-0.15, -0.1) is 0 Å². The average molecular weight is 552 g/mol. The minimum absolute atomic E-state index is 0.0503. The van der Waals surface area contributed by atoms with E-state index in [1.807, 2.05) is 30.3 Å². The lowest BCUT2D eigenvalue weighted by Crippen LogP contribution is -2.42. The van der Waals surface area contributed by atoms with Crippen LogP contribution in [0.2, 0.25) is 5.02 Å². The molecule has 8 heteroatoms. The van der Waals surface area contributed by atoms with Crippen LogP contribution in [0.1, 0.15) is 38.3 Å². The number of carbonyl (C=O) groups excluding carboxylic acids is 2. The number of nitrogens with one attached hydrogen (secondary N) is 1. The minimum Gasteiger partial charge on any atom is -0.460 e. The van der Waals surface area contributed by atoms with Gasteiger partial charge in [0.2, 0.25) is 0 Å². The highest BCUT2D eigenvalue weighted by molar-refractivity contribution is 6.30. The third-order valence-electron chi connectivity index (χ3n) is 6.43. The fraction of sp³-hybridized carbons (Fsp3) is 0.290. The van der Waals surface area contributed by atoms with Gasteiger partial charge < -0.3 is 19.9 Å². The summed E-state index contributed by atoms with van der Waals surface area (Å²) < 4.78 is 25.4. The maximum atomic E-state index is 14.4. The molecule has 2 atom stereocenters. The van der Waals surface area contributed by atoms with Gasteiger partial charge in [0, 0.05) is 10.6 Å². The molecule has 4 rings (SSSR count). The molecule has 2 N–H and O–H groups in total. The van der Waals surface area contributed by atoms with Gasteiger partial charge in [0.15, 0.2) is 0 Å². The van der Waals surface area contributed by atoms with E-state index >= 15 is 0 Å². The van der Waals surface area contributed by atoms with E-state index in [-0.39, 0.29) is 13.0 Å². The fourth-order valence-corrected chi connectivity index (χ4v) is 4.71. The van der Waals surface area contributed by atoms with E-state index in [0.29, 0.717) is 27.3 Å². The first-order chi connectivity index (χ1) is 18.5. The Morgan fingerprint density at radius 3 is 2.36 bits per heavy atom. The van der Waals surface area contributed by atoms with Crippen LogP contribution in [-0.4, -0.2) is 35.4 Å². The second-order valence-electron chi connectivity index (χ2n) is 10.6. The summed E-state index contributed by atoms with van der Waals surface area (Å²) in [6.07, 6.45) is 1.08. The van der Waals surface area contributed by atoms with Crippen molar-refractivity contribution < 1.29 is 28.6 Å². The second kappa shape index (κ2) is 11.6. The van der Waals surface area contributed by atoms with Gasteiger partial charge in [0.1, 0.15) is 23.4 Å². The van der Waals surface area contributed by atoms with Crippen molar-refractivity contribution in [3.05, 3.63) is 101 Å². The highest BCUT2D eigenvalue weighted by Gasteiger charge is 2.47. The maximum Gasteiger partial charge on any atom is 0.408 e. The van der Waals surface area contributed by atoms with E-state index in [9.17, 15) is 19.1 Å². The van der Waals surface area contributed by atoms with Gasteiger partial charge in [-0.3, -0.25) is 4.79 Å². The smallest absolute Gasteiger partial charge is 0.408 e. The Labute approximate surface area is 232 Å². The summed E-state index contributed by atoms with van der Waals surface area (Å²) in [5.74, 6) is -1.00. The van der Waals surface area contributed by atoms with Crippen LogP contribution >= 0.6 is 11.6 Å². The van der Waals surface area contributed by atoms with Crippen LogP contribution < -0.4 is 5.32 Å². The monoisotopic (exact) mass is 551 g/mol. The molecule has 3 aromatic rings. The molecular formula is C31H31ClFNO5. The van der Waals surface area contributed by atoms with Crippen molar-refractivity contribution in [3.63, 3.8) is 0 Å². The quantitative estimate of drug-likeness (QED) is 0.325. The van der Waals surface area contributed by atoms with E-state index in [4.69, 9.17) is 21.1 Å². The van der Waals surface area contributed by atoms with Gasteiger partial charge in [0.25, 0.3) is 0 Å². The standard InChI is InChI=1S/C31H31ClFNO5/c1-30(2,3)39-29(37)34-27-17-31(19-35,28(36)38-18-20-7-5-4-6-8-20)16-25(27)22-11-9-21(10-12-22)24-15-23(32)13-14-26(24)33/h4-16,27,35H,17-19H2,1-3H3,(H,34,37)/t27-,31-/m0/s1. The Morgan fingerprint density at radius 1 is 1.05 bits per heavy atom. The lowest BCUT2D eigenvalue weighted by molar-refractivity contribution is -0.156. The number of hydrogen-bond acceptors (Lipinski definition) is 5. The summed E-state index contributed by atoms with van der Waals surface area (Å²) in [7, 11) is 0. The van der Waals surface area contributed by atoms with E-state index in [0.717, 1.165) is 5.56 Å². The first-order valence-corrected chi connectivity index (χ1v) is 13.0. The molecular weight excluding hydrogens is 521 g/mol. The Bertz CT molecular complexity index is 1370. The molecule has 0 unspecified atom stereocenters. The van der Waals surface area contributed by atoms with Crippen LogP contribution in [-0.2, 0) is 20.9 Å². The van der Waals surface area contributed by atoms with E-state index < -0.39 is 41.5 Å². The zero-order valence-electron chi connectivity index (χ0n) is 22.0. The Balaban J connectivity index is 1.64. The topological polar surface area (TPSA) is 84.9 Å². The second-order valence-corrected chi connectivity index (χ2v) is 11.0. The molecule has 1 amide bonds. The molecule has 39 heavy (non-hydrogen) atoms. The number of benzene rings is 3. The first kappa shape index (κ1) is 28.3. The van der Waals surface area contributed by atoms with Crippen LogP contribution in [0.5, 0.6) is 0 Å². The van der Waals surface area contributed by atoms with Crippen molar-refractivity contribution in [2.24, 2.45) is 5.41 Å². The molecule has 3 aromatic carbocycles. The summed E-state index contributed by atoms with van der Waals surface area (Å²) in [6.45, 7) is 4.80. The normalized spacial score (nSPS) is 18.8. The molecule has 0 bridgehead atoms. The molecule has 0 heterocycles. The van der Waals surface area contributed by atoms with Crippen LogP contribution in [0.3, 0.4) is 0 Å². The molecule has 0 saturated heterocycles. The molecule has 0 radical (unpaired) electrons. The SMILES string of the molecule is CC(C)(C)OC(=O)N[C@H]1C[C@@](CO)(C(=O)OCc2ccccc2)C=C1c1ccc(-c2cc(Cl)ccc2F)cc1. The van der Waals surface area contributed by atoms with Crippen molar-refractivity contribution in [2.45, 2.75) is 45.4 Å². The number of ether oxygens (including phenoxy) is 2. The molecule has 1 aliphatic rings. The summed E-state index contributed by atoms with van der Waals surface area (Å²) in [5, 5.41) is 13.6. The zero-order chi connectivity index (χ0) is 28.2. The largest absolute Gasteiger partial charge is 0.460 e. The first-order valence-electron chi connectivity index (χ1n) is 12.6. The Kier molecular flexibility index (Phi) is 8.42. The number of rotatable bonds is 7. The number of esters is 1.